The lowest BCUT2D eigenvalue weighted by Gasteiger charge is -2.38. The van der Waals surface area contributed by atoms with Crippen LogP contribution in [0.3, 0.4) is 0 Å². The summed E-state index contributed by atoms with van der Waals surface area (Å²) in [6.45, 7) is 3.77. The number of rotatable bonds is 2. The summed E-state index contributed by atoms with van der Waals surface area (Å²) in [4.78, 5) is 4.67. The molecule has 4 rings (SSSR count). The molecule has 132 valence electrons. The third-order valence-electron chi connectivity index (χ3n) is 5.57. The van der Waals surface area contributed by atoms with Crippen LogP contribution in [0.15, 0.2) is 48.5 Å². The molecule has 2 aromatic carbocycles. The number of hydrogen-bond donors (Lipinski definition) is 1. The second-order valence-corrected chi connectivity index (χ2v) is 7.77. The lowest BCUT2D eigenvalue weighted by molar-refractivity contribution is 0.0476. The van der Waals surface area contributed by atoms with E-state index in [1.807, 2.05) is 24.3 Å². The minimum absolute atomic E-state index is 0.242. The normalized spacial score (nSPS) is 27.2. The first-order valence-electron chi connectivity index (χ1n) is 9.16. The lowest BCUT2D eigenvalue weighted by Crippen LogP contribution is -2.47. The van der Waals surface area contributed by atoms with Gasteiger partial charge in [-0.15, -0.1) is 0 Å². The Morgan fingerprint density at radius 2 is 1.72 bits per heavy atom. The Balaban J connectivity index is 1.80. The van der Waals surface area contributed by atoms with Crippen LogP contribution >= 0.6 is 11.6 Å². The van der Waals surface area contributed by atoms with Crippen LogP contribution in [0.4, 0.5) is 5.69 Å². The summed E-state index contributed by atoms with van der Waals surface area (Å²) in [6, 6.07) is 16.1. The molecule has 0 radical (unpaired) electrons. The van der Waals surface area contributed by atoms with E-state index in [9.17, 15) is 5.11 Å². The van der Waals surface area contributed by atoms with Gasteiger partial charge in [-0.1, -0.05) is 47.9 Å². The quantitative estimate of drug-likeness (QED) is 0.857. The van der Waals surface area contributed by atoms with Crippen molar-refractivity contribution in [1.29, 1.82) is 0 Å². The van der Waals surface area contributed by atoms with Gasteiger partial charge >= 0.3 is 0 Å². The van der Waals surface area contributed by atoms with Crippen LogP contribution in [0.5, 0.6) is 0 Å². The van der Waals surface area contributed by atoms with Gasteiger partial charge < -0.3 is 10.0 Å². The standard InChI is InChI=1S/C21H25ClN2O/c1-16-6-12-19(13-7-16)24-20-5-3-2-4-14-23(20)15-21(24,25)17-8-10-18(22)11-9-17/h6-13,20,25H,2-5,14-15H2,1H3/t20-,21+/m0/s1. The van der Waals surface area contributed by atoms with E-state index in [0.717, 1.165) is 24.2 Å². The van der Waals surface area contributed by atoms with Crippen LogP contribution in [0.2, 0.25) is 5.02 Å². The lowest BCUT2D eigenvalue weighted by atomic mass is 10.0. The number of hydrogen-bond acceptors (Lipinski definition) is 3. The average molecular weight is 357 g/mol. The molecule has 2 atom stereocenters. The molecular formula is C21H25ClN2O. The summed E-state index contributed by atoms with van der Waals surface area (Å²) in [6.07, 6.45) is 5.01. The molecule has 0 aliphatic carbocycles. The highest BCUT2D eigenvalue weighted by atomic mass is 35.5. The smallest absolute Gasteiger partial charge is 0.178 e. The second kappa shape index (κ2) is 6.64. The molecule has 3 nitrogen and oxygen atoms in total. The van der Waals surface area contributed by atoms with Gasteiger partial charge in [0, 0.05) is 22.8 Å². The maximum Gasteiger partial charge on any atom is 0.178 e. The minimum Gasteiger partial charge on any atom is -0.366 e. The molecule has 0 bridgehead atoms. The average Bonchev–Trinajstić information content (AvgIpc) is 2.74. The molecule has 2 aromatic rings. The predicted molar refractivity (Wildman–Crippen MR) is 103 cm³/mol. The van der Waals surface area contributed by atoms with E-state index in [4.69, 9.17) is 11.6 Å². The Morgan fingerprint density at radius 3 is 2.44 bits per heavy atom. The molecule has 1 N–H and O–H groups in total. The maximum absolute atomic E-state index is 11.8. The molecule has 2 aliphatic rings. The van der Waals surface area contributed by atoms with Gasteiger partial charge in [0.25, 0.3) is 0 Å². The van der Waals surface area contributed by atoms with E-state index in [-0.39, 0.29) is 6.17 Å². The number of benzene rings is 2. The van der Waals surface area contributed by atoms with Gasteiger partial charge in [0.05, 0.1) is 12.7 Å². The summed E-state index contributed by atoms with van der Waals surface area (Å²) >= 11 is 6.07. The topological polar surface area (TPSA) is 26.7 Å². The van der Waals surface area contributed by atoms with Crippen molar-refractivity contribution in [1.82, 2.24) is 4.90 Å². The number of fused-ring (bicyclic) bond motifs is 1. The second-order valence-electron chi connectivity index (χ2n) is 7.33. The van der Waals surface area contributed by atoms with Gasteiger partial charge in [-0.05, 0) is 50.5 Å². The third kappa shape index (κ3) is 3.05. The van der Waals surface area contributed by atoms with E-state index in [1.54, 1.807) is 0 Å². The predicted octanol–water partition coefficient (Wildman–Crippen LogP) is 4.52. The highest BCUT2D eigenvalue weighted by Crippen LogP contribution is 2.43. The molecule has 25 heavy (non-hydrogen) atoms. The number of anilines is 1. The van der Waals surface area contributed by atoms with Gasteiger partial charge in [0.15, 0.2) is 5.72 Å². The molecule has 0 aromatic heterocycles. The van der Waals surface area contributed by atoms with E-state index in [1.165, 1.54) is 24.8 Å². The summed E-state index contributed by atoms with van der Waals surface area (Å²) in [7, 11) is 0. The number of aryl methyl sites for hydroxylation is 1. The largest absolute Gasteiger partial charge is 0.366 e. The maximum atomic E-state index is 11.8. The minimum atomic E-state index is -1.03. The summed E-state index contributed by atoms with van der Waals surface area (Å²) in [5.41, 5.74) is 2.20. The van der Waals surface area contributed by atoms with E-state index in [0.29, 0.717) is 11.6 Å². The molecule has 2 fully saturated rings. The fraction of sp³-hybridized carbons (Fsp3) is 0.429. The summed E-state index contributed by atoms with van der Waals surface area (Å²) in [5, 5.41) is 12.5. The highest BCUT2D eigenvalue weighted by Gasteiger charge is 2.50. The summed E-state index contributed by atoms with van der Waals surface area (Å²) in [5.74, 6) is 0. The van der Waals surface area contributed by atoms with Crippen LogP contribution in [0, 0.1) is 6.92 Å². The van der Waals surface area contributed by atoms with Gasteiger partial charge in [-0.3, -0.25) is 4.90 Å². The van der Waals surface area contributed by atoms with Crippen LogP contribution in [0.25, 0.3) is 0 Å². The molecule has 0 amide bonds. The Morgan fingerprint density at radius 1 is 1.00 bits per heavy atom. The Labute approximate surface area is 154 Å². The van der Waals surface area contributed by atoms with Crippen molar-refractivity contribution < 1.29 is 5.11 Å². The molecule has 0 saturated carbocycles. The molecule has 2 heterocycles. The van der Waals surface area contributed by atoms with Gasteiger partial charge in [0.1, 0.15) is 0 Å². The molecule has 0 unspecified atom stereocenters. The zero-order chi connectivity index (χ0) is 17.4. The number of aliphatic hydroxyl groups is 1. The van der Waals surface area contributed by atoms with Crippen molar-refractivity contribution in [3.8, 4) is 0 Å². The Kier molecular flexibility index (Phi) is 4.48. The highest BCUT2D eigenvalue weighted by molar-refractivity contribution is 6.30. The van der Waals surface area contributed by atoms with Crippen LogP contribution in [0.1, 0.15) is 36.8 Å². The van der Waals surface area contributed by atoms with Crippen molar-refractivity contribution in [2.45, 2.75) is 44.5 Å². The first-order chi connectivity index (χ1) is 12.1. The van der Waals surface area contributed by atoms with Crippen LogP contribution in [-0.2, 0) is 5.72 Å². The van der Waals surface area contributed by atoms with Crippen molar-refractivity contribution >= 4 is 17.3 Å². The number of halogens is 1. The van der Waals surface area contributed by atoms with Crippen LogP contribution < -0.4 is 4.90 Å². The van der Waals surface area contributed by atoms with Crippen molar-refractivity contribution in [3.05, 3.63) is 64.7 Å². The van der Waals surface area contributed by atoms with E-state index < -0.39 is 5.72 Å². The van der Waals surface area contributed by atoms with Crippen molar-refractivity contribution in [2.24, 2.45) is 0 Å². The van der Waals surface area contributed by atoms with Gasteiger partial charge in [-0.25, -0.2) is 0 Å². The first-order valence-corrected chi connectivity index (χ1v) is 9.54. The van der Waals surface area contributed by atoms with Crippen molar-refractivity contribution in [2.75, 3.05) is 18.0 Å². The fourth-order valence-electron chi connectivity index (χ4n) is 4.27. The van der Waals surface area contributed by atoms with Gasteiger partial charge in [0.2, 0.25) is 0 Å². The zero-order valence-electron chi connectivity index (χ0n) is 14.7. The Bertz CT molecular complexity index is 731. The molecule has 0 spiro atoms. The van der Waals surface area contributed by atoms with E-state index in [2.05, 4.69) is 41.0 Å². The molecule has 2 saturated heterocycles. The zero-order valence-corrected chi connectivity index (χ0v) is 15.4. The molecular weight excluding hydrogens is 332 g/mol. The van der Waals surface area contributed by atoms with E-state index >= 15 is 0 Å². The summed E-state index contributed by atoms with van der Waals surface area (Å²) < 4.78 is 0. The molecule has 2 aliphatic heterocycles. The molecule has 4 heteroatoms. The monoisotopic (exact) mass is 356 g/mol. The SMILES string of the molecule is Cc1ccc(N2[C@H]3CCCCCN3C[C@@]2(O)c2ccc(Cl)cc2)cc1. The Hall–Kier alpha value is -1.55. The van der Waals surface area contributed by atoms with Gasteiger partial charge in [-0.2, -0.15) is 0 Å². The van der Waals surface area contributed by atoms with Crippen molar-refractivity contribution in [3.63, 3.8) is 0 Å². The number of nitrogens with zero attached hydrogens (tertiary/aromatic N) is 2. The fourth-order valence-corrected chi connectivity index (χ4v) is 4.40. The third-order valence-corrected chi connectivity index (χ3v) is 5.82. The first kappa shape index (κ1) is 16.9. The van der Waals surface area contributed by atoms with Crippen LogP contribution in [-0.4, -0.2) is 29.3 Å².